The SMILES string of the molecule is O=C(O)c1ccc(OCCCc2ccc(OCc3ccc(-c4ccccc4)cc3)cc2)c(C(=O)CC2NC2C2CCCC[C@@H]2C(=O)O)c1. The topological polar surface area (TPSA) is 132 Å². The van der Waals surface area contributed by atoms with E-state index in [1.807, 2.05) is 42.5 Å². The molecule has 1 saturated heterocycles. The third kappa shape index (κ3) is 8.30. The fourth-order valence-electron chi connectivity index (χ4n) is 6.81. The van der Waals surface area contributed by atoms with Crippen molar-refractivity contribution in [1.29, 1.82) is 0 Å². The van der Waals surface area contributed by atoms with E-state index >= 15 is 0 Å². The van der Waals surface area contributed by atoms with Crippen molar-refractivity contribution in [2.75, 3.05) is 6.61 Å². The number of hydrogen-bond donors (Lipinski definition) is 3. The fourth-order valence-corrected chi connectivity index (χ4v) is 6.81. The molecule has 4 atom stereocenters. The van der Waals surface area contributed by atoms with Crippen molar-refractivity contribution in [2.45, 2.75) is 63.6 Å². The lowest BCUT2D eigenvalue weighted by atomic mass is 9.76. The van der Waals surface area contributed by atoms with Crippen LogP contribution in [0.25, 0.3) is 11.1 Å². The summed E-state index contributed by atoms with van der Waals surface area (Å²) in [7, 11) is 0. The fraction of sp³-hybridized carbons (Fsp3) is 0.325. The van der Waals surface area contributed by atoms with Crippen LogP contribution in [0.5, 0.6) is 11.5 Å². The Balaban J connectivity index is 0.981. The number of carboxylic acid groups (broad SMARTS) is 2. The Morgan fingerprint density at radius 3 is 2.21 bits per heavy atom. The molecular weight excluding hydrogens is 606 g/mol. The number of ether oxygens (including phenoxy) is 2. The first-order chi connectivity index (χ1) is 23.4. The van der Waals surface area contributed by atoms with E-state index in [0.29, 0.717) is 31.8 Å². The van der Waals surface area contributed by atoms with Crippen LogP contribution < -0.4 is 14.8 Å². The number of nitrogens with one attached hydrogen (secondary N) is 1. The van der Waals surface area contributed by atoms with Gasteiger partial charge in [-0.25, -0.2) is 4.79 Å². The van der Waals surface area contributed by atoms with Crippen molar-refractivity contribution in [1.82, 2.24) is 5.32 Å². The number of aromatic carboxylic acids is 1. The Morgan fingerprint density at radius 1 is 0.771 bits per heavy atom. The number of hydrogen-bond acceptors (Lipinski definition) is 6. The third-order valence-electron chi connectivity index (χ3n) is 9.52. The monoisotopic (exact) mass is 647 g/mol. The molecule has 6 rings (SSSR count). The van der Waals surface area contributed by atoms with Crippen LogP contribution >= 0.6 is 0 Å². The maximum absolute atomic E-state index is 13.4. The summed E-state index contributed by atoms with van der Waals surface area (Å²) in [5.41, 5.74) is 4.85. The maximum atomic E-state index is 13.4. The average molecular weight is 648 g/mol. The van der Waals surface area contributed by atoms with Crippen LogP contribution in [0.3, 0.4) is 0 Å². The third-order valence-corrected chi connectivity index (χ3v) is 9.52. The molecule has 8 heteroatoms. The van der Waals surface area contributed by atoms with Crippen LogP contribution in [0.2, 0.25) is 0 Å². The molecule has 2 aliphatic rings. The summed E-state index contributed by atoms with van der Waals surface area (Å²) < 4.78 is 12.0. The number of aryl methyl sites for hydroxylation is 1. The van der Waals surface area contributed by atoms with Gasteiger partial charge in [-0.3, -0.25) is 9.59 Å². The average Bonchev–Trinajstić information content (AvgIpc) is 3.89. The standard InChI is InChI=1S/C40H41NO7/c42-36(24-35-38(41-35)32-10-4-5-11-33(32)40(45)46)34-23-30(39(43)44)18-21-37(34)47-22-6-7-26-14-19-31(20-15-26)48-25-27-12-16-29(17-13-27)28-8-2-1-3-9-28/h1-3,8-9,12-21,23,32-33,35,38,41H,4-7,10-11,22,24-25H2,(H,43,44)(H,45,46)/t32?,33-,35?,38?/m0/s1. The Labute approximate surface area is 280 Å². The Hall–Kier alpha value is -4.95. The van der Waals surface area contributed by atoms with E-state index in [-0.39, 0.29) is 41.3 Å². The predicted octanol–water partition coefficient (Wildman–Crippen LogP) is 7.45. The largest absolute Gasteiger partial charge is 0.493 e. The van der Waals surface area contributed by atoms with E-state index in [4.69, 9.17) is 9.47 Å². The van der Waals surface area contributed by atoms with E-state index in [9.17, 15) is 24.6 Å². The summed E-state index contributed by atoms with van der Waals surface area (Å²) in [4.78, 5) is 36.8. The van der Waals surface area contributed by atoms with Gasteiger partial charge in [0.25, 0.3) is 0 Å². The lowest BCUT2D eigenvalue weighted by molar-refractivity contribution is -0.144. The van der Waals surface area contributed by atoms with Crippen molar-refractivity contribution in [2.24, 2.45) is 11.8 Å². The molecule has 4 aromatic rings. The second-order valence-electron chi connectivity index (χ2n) is 12.8. The number of carbonyl (C=O) groups is 3. The quantitative estimate of drug-likeness (QED) is 0.0689. The van der Waals surface area contributed by atoms with Gasteiger partial charge in [-0.05, 0) is 84.2 Å². The van der Waals surface area contributed by atoms with Crippen molar-refractivity contribution >= 4 is 17.7 Å². The van der Waals surface area contributed by atoms with Crippen LogP contribution in [-0.2, 0) is 17.8 Å². The van der Waals surface area contributed by atoms with Gasteiger partial charge in [0.15, 0.2) is 5.78 Å². The molecule has 0 radical (unpaired) electrons. The molecule has 3 N–H and O–H groups in total. The molecule has 1 aliphatic carbocycles. The molecule has 8 nitrogen and oxygen atoms in total. The summed E-state index contributed by atoms with van der Waals surface area (Å²) in [6, 6.07) is 30.9. The van der Waals surface area contributed by atoms with Crippen LogP contribution in [0.1, 0.15) is 70.4 Å². The van der Waals surface area contributed by atoms with E-state index in [2.05, 4.69) is 41.7 Å². The van der Waals surface area contributed by atoms with Crippen LogP contribution in [0, 0.1) is 11.8 Å². The summed E-state index contributed by atoms with van der Waals surface area (Å²) in [5.74, 6) is -1.32. The van der Waals surface area contributed by atoms with Gasteiger partial charge in [-0.2, -0.15) is 0 Å². The molecule has 0 bridgehead atoms. The Kier molecular flexibility index (Phi) is 10.5. The summed E-state index contributed by atoms with van der Waals surface area (Å²) in [6.07, 6.45) is 5.04. The number of benzene rings is 4. The zero-order chi connectivity index (χ0) is 33.5. The Bertz CT molecular complexity index is 1720. The highest BCUT2D eigenvalue weighted by atomic mass is 16.5. The first-order valence-electron chi connectivity index (χ1n) is 16.7. The molecule has 3 unspecified atom stereocenters. The lowest BCUT2D eigenvalue weighted by Gasteiger charge is -2.28. The molecule has 4 aromatic carbocycles. The molecule has 0 amide bonds. The normalized spacial score (nSPS) is 20.1. The van der Waals surface area contributed by atoms with E-state index < -0.39 is 17.9 Å². The molecule has 0 aromatic heterocycles. The number of ketones is 1. The zero-order valence-corrected chi connectivity index (χ0v) is 26.8. The lowest BCUT2D eigenvalue weighted by Crippen LogP contribution is -2.32. The molecule has 48 heavy (non-hydrogen) atoms. The molecule has 1 heterocycles. The van der Waals surface area contributed by atoms with Gasteiger partial charge in [0.2, 0.25) is 0 Å². The highest BCUT2D eigenvalue weighted by molar-refractivity contribution is 6.01. The van der Waals surface area contributed by atoms with Crippen molar-refractivity contribution in [3.63, 3.8) is 0 Å². The van der Waals surface area contributed by atoms with Crippen LogP contribution in [0.4, 0.5) is 0 Å². The number of carboxylic acids is 2. The van der Waals surface area contributed by atoms with Crippen molar-refractivity contribution in [3.05, 3.63) is 119 Å². The van der Waals surface area contributed by atoms with Gasteiger partial charge >= 0.3 is 11.9 Å². The minimum atomic E-state index is -1.11. The first kappa shape index (κ1) is 33.0. The highest BCUT2D eigenvalue weighted by Gasteiger charge is 2.48. The van der Waals surface area contributed by atoms with Crippen LogP contribution in [0.15, 0.2) is 97.1 Å². The van der Waals surface area contributed by atoms with Crippen molar-refractivity contribution < 1.29 is 34.1 Å². The molecule has 1 saturated carbocycles. The summed E-state index contributed by atoms with van der Waals surface area (Å²) in [5, 5.41) is 22.5. The van der Waals surface area contributed by atoms with Gasteiger partial charge in [-0.15, -0.1) is 0 Å². The number of carbonyl (C=O) groups excluding carboxylic acids is 1. The van der Waals surface area contributed by atoms with Gasteiger partial charge in [0, 0.05) is 18.5 Å². The predicted molar refractivity (Wildman–Crippen MR) is 183 cm³/mol. The van der Waals surface area contributed by atoms with E-state index in [0.717, 1.165) is 42.6 Å². The molecule has 0 spiro atoms. The Morgan fingerprint density at radius 2 is 1.48 bits per heavy atom. The van der Waals surface area contributed by atoms with Crippen molar-refractivity contribution in [3.8, 4) is 22.6 Å². The first-order valence-corrected chi connectivity index (χ1v) is 16.7. The van der Waals surface area contributed by atoms with Gasteiger partial charge in [0.1, 0.15) is 18.1 Å². The van der Waals surface area contributed by atoms with E-state index in [1.54, 1.807) is 6.07 Å². The second-order valence-corrected chi connectivity index (χ2v) is 12.8. The number of aliphatic carboxylic acids is 1. The second kappa shape index (κ2) is 15.3. The summed E-state index contributed by atoms with van der Waals surface area (Å²) in [6.45, 7) is 0.835. The van der Waals surface area contributed by atoms with Gasteiger partial charge in [-0.1, -0.05) is 79.6 Å². The molecule has 2 fully saturated rings. The van der Waals surface area contributed by atoms with Gasteiger partial charge < -0.3 is 25.0 Å². The molecular formula is C40H41NO7. The maximum Gasteiger partial charge on any atom is 0.335 e. The highest BCUT2D eigenvalue weighted by Crippen LogP contribution is 2.39. The zero-order valence-electron chi connectivity index (χ0n) is 26.8. The summed E-state index contributed by atoms with van der Waals surface area (Å²) >= 11 is 0. The number of Topliss-reactive ketones (excluding diaryl/α,β-unsaturated/α-hetero) is 1. The minimum Gasteiger partial charge on any atom is -0.493 e. The number of rotatable bonds is 15. The molecule has 1 aliphatic heterocycles. The molecule has 248 valence electrons. The minimum absolute atomic E-state index is 0.00770. The van der Waals surface area contributed by atoms with Gasteiger partial charge in [0.05, 0.1) is 23.7 Å². The van der Waals surface area contributed by atoms with Crippen LogP contribution in [-0.4, -0.2) is 46.6 Å². The van der Waals surface area contributed by atoms with E-state index in [1.165, 1.54) is 23.3 Å². The smallest absolute Gasteiger partial charge is 0.335 e.